The van der Waals surface area contributed by atoms with Gasteiger partial charge in [-0.05, 0) is 25.5 Å². The van der Waals surface area contributed by atoms with Crippen molar-refractivity contribution in [3.05, 3.63) is 45.8 Å². The van der Waals surface area contributed by atoms with Gasteiger partial charge in [0.25, 0.3) is 0 Å². The highest BCUT2D eigenvalue weighted by Crippen LogP contribution is 2.37. The average Bonchev–Trinajstić information content (AvgIpc) is 2.92. The number of benzene rings is 1. The molecule has 3 rings (SSSR count). The summed E-state index contributed by atoms with van der Waals surface area (Å²) in [5.41, 5.74) is 1.69. The molecule has 2 heterocycles. The monoisotopic (exact) mass is 355 g/mol. The maximum atomic E-state index is 9.59. The number of β-amino-alcohol motifs (C(OH)–C–C–N with tert-alkyl or cyclic N) is 1. The van der Waals surface area contributed by atoms with Gasteiger partial charge in [0.15, 0.2) is 0 Å². The lowest BCUT2D eigenvalue weighted by molar-refractivity contribution is 0.193. The van der Waals surface area contributed by atoms with Gasteiger partial charge < -0.3 is 10.4 Å². The molecule has 1 aliphatic heterocycles. The average molecular weight is 356 g/mol. The zero-order chi connectivity index (χ0) is 15.7. The minimum Gasteiger partial charge on any atom is -0.392 e. The fourth-order valence-corrected chi connectivity index (χ4v) is 3.69. The Hall–Kier alpha value is -0.850. The number of halogens is 2. The minimum atomic E-state index is -0.313. The zero-order valence-corrected chi connectivity index (χ0v) is 14.2. The Bertz CT molecular complexity index is 698. The van der Waals surface area contributed by atoms with Crippen LogP contribution in [0.25, 0.3) is 0 Å². The molecule has 1 aromatic heterocycles. The van der Waals surface area contributed by atoms with E-state index in [2.05, 4.69) is 15.3 Å². The summed E-state index contributed by atoms with van der Waals surface area (Å²) in [6, 6.07) is 5.59. The molecule has 22 heavy (non-hydrogen) atoms. The zero-order valence-electron chi connectivity index (χ0n) is 11.9. The van der Waals surface area contributed by atoms with Crippen LogP contribution in [0.1, 0.15) is 23.9 Å². The number of aliphatic hydroxyl groups is 1. The Morgan fingerprint density at radius 2 is 2.18 bits per heavy atom. The van der Waals surface area contributed by atoms with Gasteiger partial charge in [-0.3, -0.25) is 4.98 Å². The standard InChI is InChI=1S/C15H15Cl2N3OS/c1-8-15(22-13-4-2-3-10(16)14(13)17)19-7-12(20-8)11-5-9(21)6-18-11/h2-4,7,9,11,18,21H,5-6H2,1H3. The van der Waals surface area contributed by atoms with Gasteiger partial charge in [-0.2, -0.15) is 0 Å². The number of nitrogens with zero attached hydrogens (tertiary/aromatic N) is 2. The number of nitrogens with one attached hydrogen (secondary N) is 1. The minimum absolute atomic E-state index is 0.0648. The summed E-state index contributed by atoms with van der Waals surface area (Å²) < 4.78 is 0. The molecule has 1 aromatic carbocycles. The molecule has 0 radical (unpaired) electrons. The summed E-state index contributed by atoms with van der Waals surface area (Å²) in [4.78, 5) is 9.95. The molecular formula is C15H15Cl2N3OS. The van der Waals surface area contributed by atoms with Crippen LogP contribution < -0.4 is 5.32 Å². The summed E-state index contributed by atoms with van der Waals surface area (Å²) in [5, 5.41) is 14.7. The summed E-state index contributed by atoms with van der Waals surface area (Å²) >= 11 is 13.7. The molecule has 2 unspecified atom stereocenters. The number of aliphatic hydroxyl groups excluding tert-OH is 1. The van der Waals surface area contributed by atoms with E-state index in [4.69, 9.17) is 23.2 Å². The molecule has 2 N–H and O–H groups in total. The first-order chi connectivity index (χ1) is 10.5. The third kappa shape index (κ3) is 3.39. The van der Waals surface area contributed by atoms with Gasteiger partial charge in [0.05, 0.1) is 39.8 Å². The van der Waals surface area contributed by atoms with Gasteiger partial charge in [-0.25, -0.2) is 4.98 Å². The van der Waals surface area contributed by atoms with E-state index in [0.717, 1.165) is 21.3 Å². The molecule has 116 valence electrons. The second-order valence-electron chi connectivity index (χ2n) is 5.19. The van der Waals surface area contributed by atoms with Crippen LogP contribution in [-0.4, -0.2) is 27.7 Å². The van der Waals surface area contributed by atoms with Gasteiger partial charge in [0.1, 0.15) is 5.03 Å². The predicted molar refractivity (Wildman–Crippen MR) is 88.7 cm³/mol. The Morgan fingerprint density at radius 1 is 1.36 bits per heavy atom. The smallest absolute Gasteiger partial charge is 0.122 e. The maximum absolute atomic E-state index is 9.59. The summed E-state index contributed by atoms with van der Waals surface area (Å²) in [6.45, 7) is 2.52. The number of hydrogen-bond acceptors (Lipinski definition) is 5. The molecule has 0 amide bonds. The van der Waals surface area contributed by atoms with E-state index in [1.807, 2.05) is 19.1 Å². The van der Waals surface area contributed by atoms with Crippen LogP contribution in [0.15, 0.2) is 34.3 Å². The predicted octanol–water partition coefficient (Wildman–Crippen LogP) is 3.64. The van der Waals surface area contributed by atoms with Crippen molar-refractivity contribution in [2.45, 2.75) is 35.4 Å². The maximum Gasteiger partial charge on any atom is 0.122 e. The van der Waals surface area contributed by atoms with Crippen molar-refractivity contribution >= 4 is 35.0 Å². The van der Waals surface area contributed by atoms with Crippen LogP contribution >= 0.6 is 35.0 Å². The molecule has 7 heteroatoms. The van der Waals surface area contributed by atoms with Crippen molar-refractivity contribution in [1.82, 2.24) is 15.3 Å². The second-order valence-corrected chi connectivity index (χ2v) is 7.01. The van der Waals surface area contributed by atoms with Crippen LogP contribution in [0.4, 0.5) is 0 Å². The van der Waals surface area contributed by atoms with Crippen LogP contribution in [0.5, 0.6) is 0 Å². The van der Waals surface area contributed by atoms with Gasteiger partial charge >= 0.3 is 0 Å². The molecular weight excluding hydrogens is 341 g/mol. The fraction of sp³-hybridized carbons (Fsp3) is 0.333. The van der Waals surface area contributed by atoms with Crippen molar-refractivity contribution < 1.29 is 5.11 Å². The molecule has 0 bridgehead atoms. The van der Waals surface area contributed by atoms with E-state index in [-0.39, 0.29) is 12.1 Å². The van der Waals surface area contributed by atoms with E-state index in [1.165, 1.54) is 11.8 Å². The van der Waals surface area contributed by atoms with E-state index in [0.29, 0.717) is 23.0 Å². The Kier molecular flexibility index (Phi) is 4.90. The molecule has 1 saturated heterocycles. The molecule has 1 fully saturated rings. The molecule has 0 saturated carbocycles. The van der Waals surface area contributed by atoms with E-state index in [9.17, 15) is 5.11 Å². The van der Waals surface area contributed by atoms with Crippen molar-refractivity contribution in [3.8, 4) is 0 Å². The van der Waals surface area contributed by atoms with Gasteiger partial charge in [0.2, 0.25) is 0 Å². The number of rotatable bonds is 3. The third-order valence-electron chi connectivity index (χ3n) is 3.51. The molecule has 4 nitrogen and oxygen atoms in total. The summed E-state index contributed by atoms with van der Waals surface area (Å²) in [7, 11) is 0. The van der Waals surface area contributed by atoms with Crippen LogP contribution in [0.2, 0.25) is 10.0 Å². The second kappa shape index (κ2) is 6.72. The lowest BCUT2D eigenvalue weighted by atomic mass is 10.1. The highest BCUT2D eigenvalue weighted by molar-refractivity contribution is 7.99. The molecule has 2 aromatic rings. The highest BCUT2D eigenvalue weighted by Gasteiger charge is 2.25. The molecule has 1 aliphatic rings. The van der Waals surface area contributed by atoms with Crippen molar-refractivity contribution in [1.29, 1.82) is 0 Å². The van der Waals surface area contributed by atoms with Crippen LogP contribution in [-0.2, 0) is 0 Å². The van der Waals surface area contributed by atoms with Crippen molar-refractivity contribution in [2.75, 3.05) is 6.54 Å². The quantitative estimate of drug-likeness (QED) is 0.879. The number of hydrogen-bond donors (Lipinski definition) is 2. The SMILES string of the molecule is Cc1nc(C2CC(O)CN2)cnc1Sc1cccc(Cl)c1Cl. The number of aromatic nitrogens is 2. The first-order valence-corrected chi connectivity index (χ1v) is 8.48. The Balaban J connectivity index is 1.82. The normalized spacial score (nSPS) is 21.3. The van der Waals surface area contributed by atoms with Crippen molar-refractivity contribution in [2.24, 2.45) is 0 Å². The molecule has 2 atom stereocenters. The van der Waals surface area contributed by atoms with Crippen LogP contribution in [0, 0.1) is 6.92 Å². The Morgan fingerprint density at radius 3 is 2.86 bits per heavy atom. The van der Waals surface area contributed by atoms with Gasteiger partial charge in [-0.15, -0.1) is 0 Å². The van der Waals surface area contributed by atoms with E-state index in [1.54, 1.807) is 12.3 Å². The fourth-order valence-electron chi connectivity index (χ4n) is 2.37. The van der Waals surface area contributed by atoms with Crippen LogP contribution in [0.3, 0.4) is 0 Å². The Labute approximate surface area is 143 Å². The first kappa shape index (κ1) is 16.0. The summed E-state index contributed by atoms with van der Waals surface area (Å²) in [6.07, 6.45) is 2.11. The number of aryl methyl sites for hydroxylation is 1. The lowest BCUT2D eigenvalue weighted by Crippen LogP contribution is -2.16. The largest absolute Gasteiger partial charge is 0.392 e. The topological polar surface area (TPSA) is 58.0 Å². The summed E-state index contributed by atoms with van der Waals surface area (Å²) in [5.74, 6) is 0. The third-order valence-corrected chi connectivity index (χ3v) is 5.59. The van der Waals surface area contributed by atoms with E-state index >= 15 is 0 Å². The first-order valence-electron chi connectivity index (χ1n) is 6.91. The van der Waals surface area contributed by atoms with Gasteiger partial charge in [-0.1, -0.05) is 41.0 Å². The highest BCUT2D eigenvalue weighted by atomic mass is 35.5. The molecule has 0 spiro atoms. The van der Waals surface area contributed by atoms with Gasteiger partial charge in [0, 0.05) is 11.4 Å². The molecule has 0 aliphatic carbocycles. The van der Waals surface area contributed by atoms with E-state index < -0.39 is 0 Å². The lowest BCUT2D eigenvalue weighted by Gasteiger charge is -2.12. The van der Waals surface area contributed by atoms with Crippen molar-refractivity contribution in [3.63, 3.8) is 0 Å².